The van der Waals surface area contributed by atoms with E-state index in [1.807, 2.05) is 0 Å². The van der Waals surface area contributed by atoms with Gasteiger partial charge < -0.3 is 5.73 Å². The Balaban J connectivity index is 2.64. The Morgan fingerprint density at radius 1 is 1.40 bits per heavy atom. The van der Waals surface area contributed by atoms with Gasteiger partial charge in [0.25, 0.3) is 0 Å². The predicted octanol–water partition coefficient (Wildman–Crippen LogP) is 2.62. The van der Waals surface area contributed by atoms with E-state index in [0.29, 0.717) is 6.04 Å². The molecule has 0 bridgehead atoms. The maximum Gasteiger partial charge on any atom is 0.0308 e. The SMILES string of the molecule is CCCN(C(C)C)C(C)(CN)CC1CC1. The summed E-state index contributed by atoms with van der Waals surface area (Å²) >= 11 is 0. The second-order valence-electron chi connectivity index (χ2n) is 5.64. The molecule has 1 saturated carbocycles. The van der Waals surface area contributed by atoms with Gasteiger partial charge >= 0.3 is 0 Å². The molecule has 1 rings (SSSR count). The lowest BCUT2D eigenvalue weighted by molar-refractivity contribution is 0.0638. The molecule has 1 aliphatic carbocycles. The fraction of sp³-hybridized carbons (Fsp3) is 1.00. The van der Waals surface area contributed by atoms with Crippen molar-refractivity contribution in [2.75, 3.05) is 13.1 Å². The van der Waals surface area contributed by atoms with E-state index < -0.39 is 0 Å². The van der Waals surface area contributed by atoms with E-state index in [1.165, 1.54) is 32.2 Å². The summed E-state index contributed by atoms with van der Waals surface area (Å²) in [4.78, 5) is 2.60. The molecule has 0 aromatic carbocycles. The second kappa shape index (κ2) is 5.31. The van der Waals surface area contributed by atoms with Gasteiger partial charge in [-0.3, -0.25) is 4.90 Å². The van der Waals surface area contributed by atoms with Crippen molar-refractivity contribution >= 4 is 0 Å². The molecule has 0 spiro atoms. The third kappa shape index (κ3) is 3.46. The summed E-state index contributed by atoms with van der Waals surface area (Å²) in [5.41, 5.74) is 6.24. The van der Waals surface area contributed by atoms with Gasteiger partial charge in [0.05, 0.1) is 0 Å². The maximum absolute atomic E-state index is 6.01. The van der Waals surface area contributed by atoms with Crippen LogP contribution in [0.3, 0.4) is 0 Å². The van der Waals surface area contributed by atoms with Crippen LogP contribution in [0.5, 0.6) is 0 Å². The van der Waals surface area contributed by atoms with E-state index in [-0.39, 0.29) is 5.54 Å². The van der Waals surface area contributed by atoms with Crippen molar-refractivity contribution in [2.24, 2.45) is 11.7 Å². The summed E-state index contributed by atoms with van der Waals surface area (Å²) in [6.07, 6.45) is 5.36. The average molecular weight is 212 g/mol. The number of nitrogens with two attached hydrogens (primary N) is 1. The minimum Gasteiger partial charge on any atom is -0.329 e. The van der Waals surface area contributed by atoms with E-state index in [1.54, 1.807) is 0 Å². The zero-order chi connectivity index (χ0) is 11.5. The molecule has 2 N–H and O–H groups in total. The normalized spacial score (nSPS) is 21.0. The number of nitrogens with zero attached hydrogens (tertiary/aromatic N) is 1. The van der Waals surface area contributed by atoms with Crippen LogP contribution in [0, 0.1) is 5.92 Å². The molecular weight excluding hydrogens is 184 g/mol. The molecule has 15 heavy (non-hydrogen) atoms. The van der Waals surface area contributed by atoms with Gasteiger partial charge in [-0.25, -0.2) is 0 Å². The smallest absolute Gasteiger partial charge is 0.0308 e. The van der Waals surface area contributed by atoms with Crippen LogP contribution < -0.4 is 5.73 Å². The molecule has 1 unspecified atom stereocenters. The van der Waals surface area contributed by atoms with Crippen molar-refractivity contribution in [3.63, 3.8) is 0 Å². The highest BCUT2D eigenvalue weighted by atomic mass is 15.2. The highest BCUT2D eigenvalue weighted by Crippen LogP contribution is 2.39. The van der Waals surface area contributed by atoms with Crippen molar-refractivity contribution in [3.05, 3.63) is 0 Å². The molecule has 1 atom stereocenters. The molecule has 90 valence electrons. The van der Waals surface area contributed by atoms with Gasteiger partial charge in [0, 0.05) is 18.1 Å². The average Bonchev–Trinajstić information content (AvgIpc) is 2.97. The summed E-state index contributed by atoms with van der Waals surface area (Å²) in [5.74, 6) is 0.955. The van der Waals surface area contributed by atoms with Crippen molar-refractivity contribution in [1.29, 1.82) is 0 Å². The zero-order valence-corrected chi connectivity index (χ0v) is 10.9. The van der Waals surface area contributed by atoms with Gasteiger partial charge in [0.2, 0.25) is 0 Å². The Labute approximate surface area is 95.2 Å². The monoisotopic (exact) mass is 212 g/mol. The standard InChI is InChI=1S/C13H28N2/c1-5-8-15(11(2)3)13(4,10-14)9-12-6-7-12/h11-12H,5-10,14H2,1-4H3. The van der Waals surface area contributed by atoms with Gasteiger partial charge in [-0.15, -0.1) is 0 Å². The Morgan fingerprint density at radius 3 is 2.33 bits per heavy atom. The summed E-state index contributed by atoms with van der Waals surface area (Å²) in [5, 5.41) is 0. The molecule has 0 heterocycles. The van der Waals surface area contributed by atoms with E-state index in [9.17, 15) is 0 Å². The molecule has 0 aromatic heterocycles. The van der Waals surface area contributed by atoms with E-state index >= 15 is 0 Å². The van der Waals surface area contributed by atoms with Crippen LogP contribution in [0.2, 0.25) is 0 Å². The predicted molar refractivity (Wildman–Crippen MR) is 66.9 cm³/mol. The lowest BCUT2D eigenvalue weighted by atomic mass is 9.91. The largest absolute Gasteiger partial charge is 0.329 e. The van der Waals surface area contributed by atoms with Crippen molar-refractivity contribution < 1.29 is 0 Å². The van der Waals surface area contributed by atoms with Crippen LogP contribution in [0.15, 0.2) is 0 Å². The number of hydrogen-bond donors (Lipinski definition) is 1. The van der Waals surface area contributed by atoms with Gasteiger partial charge in [-0.1, -0.05) is 19.8 Å². The summed E-state index contributed by atoms with van der Waals surface area (Å²) in [6, 6.07) is 0.609. The van der Waals surface area contributed by atoms with Gasteiger partial charge in [-0.2, -0.15) is 0 Å². The first-order chi connectivity index (χ1) is 7.03. The first-order valence-corrected chi connectivity index (χ1v) is 6.50. The van der Waals surface area contributed by atoms with Crippen LogP contribution >= 0.6 is 0 Å². The van der Waals surface area contributed by atoms with Crippen LogP contribution in [0.4, 0.5) is 0 Å². The van der Waals surface area contributed by atoms with Gasteiger partial charge in [0.1, 0.15) is 0 Å². The van der Waals surface area contributed by atoms with Crippen LogP contribution in [0.1, 0.15) is 53.4 Å². The van der Waals surface area contributed by atoms with Crippen LogP contribution in [-0.4, -0.2) is 29.6 Å². The Bertz CT molecular complexity index is 187. The minimum atomic E-state index is 0.228. The Morgan fingerprint density at radius 2 is 2.00 bits per heavy atom. The highest BCUT2D eigenvalue weighted by molar-refractivity contribution is 4.94. The molecule has 1 fully saturated rings. The third-order valence-electron chi connectivity index (χ3n) is 3.65. The number of rotatable bonds is 7. The molecular formula is C13H28N2. The molecule has 0 aliphatic heterocycles. The molecule has 0 radical (unpaired) electrons. The summed E-state index contributed by atoms with van der Waals surface area (Å²) in [7, 11) is 0. The van der Waals surface area contributed by atoms with Gasteiger partial charge in [0.15, 0.2) is 0 Å². The Hall–Kier alpha value is -0.0800. The zero-order valence-electron chi connectivity index (χ0n) is 10.9. The van der Waals surface area contributed by atoms with Crippen LogP contribution in [0.25, 0.3) is 0 Å². The molecule has 2 nitrogen and oxygen atoms in total. The summed E-state index contributed by atoms with van der Waals surface area (Å²) < 4.78 is 0. The number of hydrogen-bond acceptors (Lipinski definition) is 2. The van der Waals surface area contributed by atoms with Crippen LogP contribution in [-0.2, 0) is 0 Å². The lowest BCUT2D eigenvalue weighted by Gasteiger charge is -2.43. The van der Waals surface area contributed by atoms with E-state index in [4.69, 9.17) is 5.73 Å². The quantitative estimate of drug-likeness (QED) is 0.703. The highest BCUT2D eigenvalue weighted by Gasteiger charge is 2.37. The first kappa shape index (κ1) is 13.0. The summed E-state index contributed by atoms with van der Waals surface area (Å²) in [6.45, 7) is 11.1. The third-order valence-corrected chi connectivity index (χ3v) is 3.65. The Kier molecular flexibility index (Phi) is 4.60. The molecule has 2 heteroatoms. The van der Waals surface area contributed by atoms with Crippen molar-refractivity contribution in [2.45, 2.75) is 65.0 Å². The van der Waals surface area contributed by atoms with Gasteiger partial charge in [-0.05, 0) is 46.1 Å². The van der Waals surface area contributed by atoms with Crippen molar-refractivity contribution in [1.82, 2.24) is 4.90 Å². The minimum absolute atomic E-state index is 0.228. The second-order valence-corrected chi connectivity index (χ2v) is 5.64. The van der Waals surface area contributed by atoms with E-state index in [0.717, 1.165) is 12.5 Å². The molecule has 1 aliphatic rings. The lowest BCUT2D eigenvalue weighted by Crippen LogP contribution is -2.55. The van der Waals surface area contributed by atoms with E-state index in [2.05, 4.69) is 32.6 Å². The molecule has 0 amide bonds. The first-order valence-electron chi connectivity index (χ1n) is 6.50. The fourth-order valence-electron chi connectivity index (χ4n) is 2.65. The van der Waals surface area contributed by atoms with Crippen molar-refractivity contribution in [3.8, 4) is 0 Å². The topological polar surface area (TPSA) is 29.3 Å². The molecule has 0 aromatic rings. The molecule has 0 saturated heterocycles. The maximum atomic E-state index is 6.01. The fourth-order valence-corrected chi connectivity index (χ4v) is 2.65.